The summed E-state index contributed by atoms with van der Waals surface area (Å²) >= 11 is 0. The minimum atomic E-state index is -4.34. The third kappa shape index (κ3) is 8.32. The molecule has 2 heterocycles. The van der Waals surface area contributed by atoms with E-state index in [4.69, 9.17) is 10.2 Å². The smallest absolute Gasteiger partial charge is 0.294 e. The Labute approximate surface area is 280 Å². The molecule has 1 aliphatic carbocycles. The molecule has 1 amide bonds. The lowest BCUT2D eigenvalue weighted by molar-refractivity contribution is -0.118. The van der Waals surface area contributed by atoms with Crippen LogP contribution in [0.15, 0.2) is 81.8 Å². The fourth-order valence-corrected chi connectivity index (χ4v) is 6.67. The van der Waals surface area contributed by atoms with Gasteiger partial charge in [-0.1, -0.05) is 65.3 Å². The zero-order valence-corrected chi connectivity index (χ0v) is 29.7. The SMILES string of the molecule is CC[N+](CC)=c1ccc2c(/C=C/C=C/C=C3/N(CCCCCC(N)=O)c4ccc(S(=O)(=O)O)cc4C3(C)C)cc(C(C)(C)C)oc-2c1. The van der Waals surface area contributed by atoms with Gasteiger partial charge in [0.05, 0.1) is 11.0 Å². The molecule has 47 heavy (non-hydrogen) atoms. The summed E-state index contributed by atoms with van der Waals surface area (Å²) in [6.07, 6.45) is 12.9. The second-order valence-corrected chi connectivity index (χ2v) is 15.1. The van der Waals surface area contributed by atoms with Crippen molar-refractivity contribution in [2.24, 2.45) is 5.73 Å². The molecule has 0 spiro atoms. The molecule has 0 radical (unpaired) electrons. The van der Waals surface area contributed by atoms with Crippen LogP contribution < -0.4 is 20.6 Å². The van der Waals surface area contributed by atoms with Crippen molar-refractivity contribution < 1.29 is 22.2 Å². The van der Waals surface area contributed by atoms with Gasteiger partial charge in [0.1, 0.15) is 24.6 Å². The molecule has 1 aromatic carbocycles. The van der Waals surface area contributed by atoms with Gasteiger partial charge in [-0.25, -0.2) is 4.58 Å². The van der Waals surface area contributed by atoms with Gasteiger partial charge in [0.2, 0.25) is 11.3 Å². The number of unbranched alkanes of at least 4 members (excludes halogenated alkanes) is 2. The fourth-order valence-electron chi connectivity index (χ4n) is 6.17. The summed E-state index contributed by atoms with van der Waals surface area (Å²) in [5.41, 5.74) is 9.51. The highest BCUT2D eigenvalue weighted by molar-refractivity contribution is 7.85. The molecule has 3 N–H and O–H groups in total. The number of carbonyl (C=O) groups is 1. The molecule has 252 valence electrons. The van der Waals surface area contributed by atoms with E-state index in [0.717, 1.165) is 77.3 Å². The summed E-state index contributed by atoms with van der Waals surface area (Å²) in [7, 11) is -4.34. The molecule has 0 fully saturated rings. The average Bonchev–Trinajstić information content (AvgIpc) is 3.21. The summed E-state index contributed by atoms with van der Waals surface area (Å²) in [5.74, 6) is 1.47. The topological polar surface area (TPSA) is 117 Å². The van der Waals surface area contributed by atoms with E-state index in [1.54, 1.807) is 12.1 Å². The lowest BCUT2D eigenvalue weighted by Crippen LogP contribution is -2.29. The molecule has 1 aromatic rings. The molecule has 4 rings (SSSR count). The standard InChI is InChI=1S/C38H49N3O5S/c1-8-40(9-2)28-19-21-30-27(24-35(37(3,4)5)46-33(30)25-28)16-12-10-13-17-34-38(6,7)31-26-29(47(43,44)45)20-22-32(31)41(34)23-15-11-14-18-36(39)42/h10,12-13,16-17,19-22,24-26H,8-9,11,14-15,18,23H2,1-7H3,(H2-,39,42,43,44,45)/p+1. The fraction of sp³-hybridized carbons (Fsp3) is 0.421. The predicted octanol–water partition coefficient (Wildman–Crippen LogP) is 7.04. The van der Waals surface area contributed by atoms with E-state index in [0.29, 0.717) is 13.0 Å². The molecule has 3 aliphatic rings. The van der Waals surface area contributed by atoms with Gasteiger partial charge >= 0.3 is 0 Å². The molecular formula is C38H50N3O5S+. The van der Waals surface area contributed by atoms with E-state index >= 15 is 0 Å². The maximum Gasteiger partial charge on any atom is 0.294 e. The zero-order chi connectivity index (χ0) is 34.6. The van der Waals surface area contributed by atoms with E-state index in [1.165, 1.54) is 6.07 Å². The minimum Gasteiger partial charge on any atom is -0.460 e. The molecule has 2 aliphatic heterocycles. The lowest BCUT2D eigenvalue weighted by atomic mass is 9.83. The first-order chi connectivity index (χ1) is 22.1. The molecule has 0 saturated carbocycles. The number of carbonyl (C=O) groups excluding carboxylic acids is 1. The van der Waals surface area contributed by atoms with Crippen molar-refractivity contribution in [3.8, 4) is 11.3 Å². The minimum absolute atomic E-state index is 0.119. The van der Waals surface area contributed by atoms with Crippen LogP contribution in [0, 0.1) is 0 Å². The summed E-state index contributed by atoms with van der Waals surface area (Å²) in [6.45, 7) is 17.4. The van der Waals surface area contributed by atoms with Crippen LogP contribution in [-0.2, 0) is 25.7 Å². The molecule has 0 aromatic heterocycles. The highest BCUT2D eigenvalue weighted by Crippen LogP contribution is 2.48. The van der Waals surface area contributed by atoms with Gasteiger partial charge in [-0.3, -0.25) is 9.35 Å². The van der Waals surface area contributed by atoms with Crippen molar-refractivity contribution in [1.82, 2.24) is 4.58 Å². The Morgan fingerprint density at radius 2 is 1.72 bits per heavy atom. The second-order valence-electron chi connectivity index (χ2n) is 13.7. The lowest BCUT2D eigenvalue weighted by Gasteiger charge is -2.27. The Morgan fingerprint density at radius 1 is 1.00 bits per heavy atom. The maximum atomic E-state index is 12.0. The molecule has 9 heteroatoms. The largest absolute Gasteiger partial charge is 0.460 e. The van der Waals surface area contributed by atoms with Gasteiger partial charge in [-0.15, -0.1) is 0 Å². The first-order valence-electron chi connectivity index (χ1n) is 16.5. The Bertz CT molecular complexity index is 1850. The number of rotatable bonds is 12. The molecule has 0 bridgehead atoms. The third-order valence-corrected chi connectivity index (χ3v) is 9.72. The number of hydrogen-bond donors (Lipinski definition) is 2. The van der Waals surface area contributed by atoms with Crippen LogP contribution in [0.3, 0.4) is 0 Å². The highest BCUT2D eigenvalue weighted by atomic mass is 32.2. The monoisotopic (exact) mass is 660 g/mol. The average molecular weight is 661 g/mol. The van der Waals surface area contributed by atoms with Crippen LogP contribution in [0.4, 0.5) is 5.69 Å². The van der Waals surface area contributed by atoms with Crippen molar-refractivity contribution in [1.29, 1.82) is 0 Å². The summed E-state index contributed by atoms with van der Waals surface area (Å²) in [6, 6.07) is 13.3. The van der Waals surface area contributed by atoms with E-state index in [2.05, 4.69) is 94.4 Å². The number of benzene rings is 2. The van der Waals surface area contributed by atoms with Crippen LogP contribution in [-0.4, -0.2) is 38.5 Å². The Morgan fingerprint density at radius 3 is 2.36 bits per heavy atom. The van der Waals surface area contributed by atoms with E-state index in [-0.39, 0.29) is 16.2 Å². The van der Waals surface area contributed by atoms with Gasteiger partial charge in [0.25, 0.3) is 10.1 Å². The van der Waals surface area contributed by atoms with Crippen molar-refractivity contribution in [3.05, 3.63) is 94.7 Å². The normalized spacial score (nSPS) is 15.7. The second kappa shape index (κ2) is 14.4. The van der Waals surface area contributed by atoms with Gasteiger partial charge < -0.3 is 15.1 Å². The molecular weight excluding hydrogens is 611 g/mol. The van der Waals surface area contributed by atoms with Crippen molar-refractivity contribution in [3.63, 3.8) is 0 Å². The van der Waals surface area contributed by atoms with Crippen LogP contribution in [0.5, 0.6) is 0 Å². The highest BCUT2D eigenvalue weighted by Gasteiger charge is 2.40. The molecule has 0 unspecified atom stereocenters. The first kappa shape index (κ1) is 35.9. The number of allylic oxidation sites excluding steroid dienone is 5. The number of nitrogens with two attached hydrogens (primary N) is 1. The number of nitrogens with zero attached hydrogens (tertiary/aromatic N) is 2. The number of amides is 1. The van der Waals surface area contributed by atoms with Crippen molar-refractivity contribution >= 4 is 27.8 Å². The van der Waals surface area contributed by atoms with E-state index in [1.807, 2.05) is 18.2 Å². The summed E-state index contributed by atoms with van der Waals surface area (Å²) in [5, 5.41) is 1.14. The van der Waals surface area contributed by atoms with Crippen LogP contribution in [0.25, 0.3) is 17.4 Å². The van der Waals surface area contributed by atoms with Crippen molar-refractivity contribution in [2.75, 3.05) is 24.5 Å². The van der Waals surface area contributed by atoms with Gasteiger partial charge in [0.15, 0.2) is 0 Å². The number of fused-ring (bicyclic) bond motifs is 2. The molecule has 0 atom stereocenters. The van der Waals surface area contributed by atoms with Crippen molar-refractivity contribution in [2.45, 2.75) is 89.9 Å². The van der Waals surface area contributed by atoms with Crippen LogP contribution in [0.2, 0.25) is 0 Å². The Kier molecular flexibility index (Phi) is 11.0. The quantitative estimate of drug-likeness (QED) is 0.0932. The van der Waals surface area contributed by atoms with Gasteiger partial charge in [-0.2, -0.15) is 8.42 Å². The van der Waals surface area contributed by atoms with Gasteiger partial charge in [-0.05, 0) is 74.2 Å². The van der Waals surface area contributed by atoms with Gasteiger partial charge in [0, 0.05) is 46.8 Å². The number of primary amides is 1. The van der Waals surface area contributed by atoms with Crippen LogP contribution in [0.1, 0.15) is 91.0 Å². The molecule has 8 nitrogen and oxygen atoms in total. The van der Waals surface area contributed by atoms with Crippen LogP contribution >= 0.6 is 0 Å². The first-order valence-corrected chi connectivity index (χ1v) is 17.9. The Hall–Kier alpha value is -3.95. The maximum absolute atomic E-state index is 12.0. The number of anilines is 1. The Balaban J connectivity index is 1.68. The molecule has 0 saturated heterocycles. The summed E-state index contributed by atoms with van der Waals surface area (Å²) < 4.78 is 42.4. The zero-order valence-electron chi connectivity index (χ0n) is 28.8. The van der Waals surface area contributed by atoms with E-state index < -0.39 is 15.5 Å². The third-order valence-electron chi connectivity index (χ3n) is 8.87. The summed E-state index contributed by atoms with van der Waals surface area (Å²) in [4.78, 5) is 13.3. The predicted molar refractivity (Wildman–Crippen MR) is 191 cm³/mol. The van der Waals surface area contributed by atoms with E-state index in [9.17, 15) is 17.8 Å². The number of hydrogen-bond acceptors (Lipinski definition) is 5.